The molecule has 3 amide bonds. The number of ether oxygens (including phenoxy) is 1. The van der Waals surface area contributed by atoms with Gasteiger partial charge in [0.05, 0.1) is 11.6 Å². The van der Waals surface area contributed by atoms with Crippen molar-refractivity contribution < 1.29 is 19.1 Å². The van der Waals surface area contributed by atoms with E-state index >= 15 is 0 Å². The zero-order valence-corrected chi connectivity index (χ0v) is 24.5. The molecular weight excluding hydrogens is 544 g/mol. The van der Waals surface area contributed by atoms with Crippen LogP contribution >= 0.6 is 0 Å². The highest BCUT2D eigenvalue weighted by Gasteiger charge is 2.31. The fourth-order valence-electron chi connectivity index (χ4n) is 5.73. The second-order valence-electron chi connectivity index (χ2n) is 12.0. The maximum atomic E-state index is 13.7. The molecule has 220 valence electrons. The number of nitrogens with zero attached hydrogens (tertiary/aromatic N) is 4. The van der Waals surface area contributed by atoms with Crippen molar-refractivity contribution in [2.24, 2.45) is 0 Å². The van der Waals surface area contributed by atoms with E-state index in [4.69, 9.17) is 10.5 Å². The van der Waals surface area contributed by atoms with Crippen LogP contribution in [0.15, 0.2) is 66.7 Å². The van der Waals surface area contributed by atoms with Gasteiger partial charge in [-0.15, -0.1) is 0 Å². The van der Waals surface area contributed by atoms with Crippen LogP contribution in [-0.4, -0.2) is 62.4 Å². The number of benzene rings is 3. The van der Waals surface area contributed by atoms with Gasteiger partial charge < -0.3 is 25.6 Å². The van der Waals surface area contributed by atoms with Crippen LogP contribution in [0.1, 0.15) is 59.2 Å². The van der Waals surface area contributed by atoms with Gasteiger partial charge in [0.15, 0.2) is 0 Å². The van der Waals surface area contributed by atoms with Gasteiger partial charge in [-0.05, 0) is 67.6 Å². The lowest BCUT2D eigenvalue weighted by Crippen LogP contribution is -2.41. The number of hydrogen-bond donors (Lipinski definition) is 2. The van der Waals surface area contributed by atoms with E-state index in [2.05, 4.69) is 15.3 Å². The highest BCUT2D eigenvalue weighted by atomic mass is 16.6. The molecule has 0 spiro atoms. The smallest absolute Gasteiger partial charge is 0.407 e. The molecule has 3 aromatic carbocycles. The van der Waals surface area contributed by atoms with Gasteiger partial charge >= 0.3 is 6.09 Å². The lowest BCUT2D eigenvalue weighted by Gasteiger charge is -2.22. The second kappa shape index (κ2) is 11.0. The number of likely N-dealkylation sites (tertiary alicyclic amines) is 1. The summed E-state index contributed by atoms with van der Waals surface area (Å²) in [5.41, 5.74) is 10.4. The van der Waals surface area contributed by atoms with Crippen molar-refractivity contribution in [3.8, 4) is 11.1 Å². The molecule has 1 fully saturated rings. The Bertz CT molecular complexity index is 1720. The van der Waals surface area contributed by atoms with Crippen molar-refractivity contribution in [1.82, 2.24) is 25.1 Å². The molecule has 3 N–H and O–H groups in total. The van der Waals surface area contributed by atoms with Crippen molar-refractivity contribution in [2.45, 2.75) is 51.9 Å². The molecule has 0 bridgehead atoms. The van der Waals surface area contributed by atoms with Crippen molar-refractivity contribution in [3.05, 3.63) is 89.1 Å². The number of fused-ring (bicyclic) bond motifs is 2. The lowest BCUT2D eigenvalue weighted by molar-refractivity contribution is 0.0502. The molecule has 3 heterocycles. The summed E-state index contributed by atoms with van der Waals surface area (Å²) < 4.78 is 5.38. The first-order valence-corrected chi connectivity index (χ1v) is 14.4. The summed E-state index contributed by atoms with van der Waals surface area (Å²) in [4.78, 5) is 52.0. The van der Waals surface area contributed by atoms with Crippen LogP contribution in [0.2, 0.25) is 0 Å². The number of anilines is 1. The van der Waals surface area contributed by atoms with E-state index in [0.29, 0.717) is 49.1 Å². The van der Waals surface area contributed by atoms with E-state index < -0.39 is 11.7 Å². The Balaban J connectivity index is 1.27. The number of nitrogens with two attached hydrogens (primary N) is 1. The van der Waals surface area contributed by atoms with Crippen molar-refractivity contribution in [2.75, 3.05) is 18.8 Å². The maximum absolute atomic E-state index is 13.7. The summed E-state index contributed by atoms with van der Waals surface area (Å²) in [7, 11) is 0. The topological polar surface area (TPSA) is 131 Å². The van der Waals surface area contributed by atoms with Gasteiger partial charge in [0.1, 0.15) is 11.3 Å². The number of nitrogens with one attached hydrogen (secondary N) is 1. The number of rotatable bonds is 4. The number of aromatic nitrogens is 2. The van der Waals surface area contributed by atoms with Crippen LogP contribution in [0.4, 0.5) is 10.7 Å². The first-order valence-electron chi connectivity index (χ1n) is 14.4. The maximum Gasteiger partial charge on any atom is 0.407 e. The molecule has 43 heavy (non-hydrogen) atoms. The van der Waals surface area contributed by atoms with E-state index in [1.807, 2.05) is 75.4 Å². The van der Waals surface area contributed by atoms with Crippen molar-refractivity contribution in [1.29, 1.82) is 0 Å². The molecule has 1 aromatic heterocycles. The summed E-state index contributed by atoms with van der Waals surface area (Å²) in [6.45, 7) is 7.32. The summed E-state index contributed by atoms with van der Waals surface area (Å²) in [5, 5.41) is 3.44. The molecule has 2 aliphatic rings. The van der Waals surface area contributed by atoms with Gasteiger partial charge in [-0.1, -0.05) is 48.5 Å². The first-order chi connectivity index (χ1) is 20.6. The normalized spacial score (nSPS) is 16.3. The Morgan fingerprint density at radius 1 is 0.907 bits per heavy atom. The van der Waals surface area contributed by atoms with E-state index in [9.17, 15) is 14.4 Å². The third-order valence-corrected chi connectivity index (χ3v) is 7.71. The minimum atomic E-state index is -0.600. The lowest BCUT2D eigenvalue weighted by atomic mass is 9.97. The van der Waals surface area contributed by atoms with Gasteiger partial charge in [-0.25, -0.2) is 14.8 Å². The molecule has 1 saturated heterocycles. The third kappa shape index (κ3) is 5.86. The van der Waals surface area contributed by atoms with E-state index in [-0.39, 0.29) is 29.5 Å². The summed E-state index contributed by atoms with van der Waals surface area (Å²) in [6.07, 6.45) is 0.141. The van der Waals surface area contributed by atoms with Crippen LogP contribution in [0.3, 0.4) is 0 Å². The molecular formula is C33H34N6O4. The van der Waals surface area contributed by atoms with Gasteiger partial charge in [0.25, 0.3) is 11.8 Å². The average Bonchev–Trinajstić information content (AvgIpc) is 3.62. The van der Waals surface area contributed by atoms with Crippen LogP contribution in [-0.2, 0) is 17.8 Å². The van der Waals surface area contributed by atoms with Crippen molar-refractivity contribution >= 4 is 34.8 Å². The Morgan fingerprint density at radius 3 is 2.33 bits per heavy atom. The molecule has 10 heteroatoms. The summed E-state index contributed by atoms with van der Waals surface area (Å²) in [6, 6.07) is 20.7. The van der Waals surface area contributed by atoms with Crippen LogP contribution in [0.25, 0.3) is 22.0 Å². The quantitative estimate of drug-likeness (QED) is 0.357. The number of carbonyl (C=O) groups is 3. The fourth-order valence-corrected chi connectivity index (χ4v) is 5.73. The summed E-state index contributed by atoms with van der Waals surface area (Å²) in [5.74, 6) is -0.333. The average molecular weight is 579 g/mol. The molecule has 4 aromatic rings. The predicted molar refractivity (Wildman–Crippen MR) is 163 cm³/mol. The molecule has 0 aliphatic carbocycles. The minimum Gasteiger partial charge on any atom is -0.444 e. The number of nitrogen functional groups attached to an aromatic ring is 1. The molecule has 1 unspecified atom stereocenters. The summed E-state index contributed by atoms with van der Waals surface area (Å²) >= 11 is 0. The van der Waals surface area contributed by atoms with Gasteiger partial charge in [-0.3, -0.25) is 9.59 Å². The molecule has 10 nitrogen and oxygen atoms in total. The van der Waals surface area contributed by atoms with Crippen LogP contribution in [0, 0.1) is 0 Å². The van der Waals surface area contributed by atoms with Gasteiger partial charge in [0, 0.05) is 37.1 Å². The van der Waals surface area contributed by atoms with E-state index in [1.165, 1.54) is 0 Å². The number of alkyl carbamates (subject to hydrolysis) is 1. The van der Waals surface area contributed by atoms with Crippen molar-refractivity contribution in [3.63, 3.8) is 0 Å². The van der Waals surface area contributed by atoms with Gasteiger partial charge in [0.2, 0.25) is 5.95 Å². The minimum absolute atomic E-state index is 0.0273. The van der Waals surface area contributed by atoms with Crippen LogP contribution < -0.4 is 11.1 Å². The monoisotopic (exact) mass is 578 g/mol. The zero-order chi connectivity index (χ0) is 30.3. The van der Waals surface area contributed by atoms with E-state index in [1.54, 1.807) is 21.9 Å². The Hall–Kier alpha value is -4.99. The fraction of sp³-hybridized carbons (Fsp3) is 0.303. The number of carbonyl (C=O) groups excluding carboxylic acids is 3. The molecule has 2 aliphatic heterocycles. The third-order valence-electron chi connectivity index (χ3n) is 7.71. The molecule has 1 atom stereocenters. The molecule has 6 rings (SSSR count). The first kappa shape index (κ1) is 28.1. The second-order valence-corrected chi connectivity index (χ2v) is 12.0. The standard InChI is InChI=1S/C33H34N6O4/c1-33(2,3)43-32(42)35-23-14-15-38(19-23)29(40)25-11-7-6-10-24(25)20-12-13-27-26(16-20)28(37-31(34)36-27)30(41)39-17-21-8-4-5-9-22(21)18-39/h4-13,16,23H,14-15,17-19H2,1-3H3,(H,35,42)(H2,34,36,37). The number of hydrogen-bond acceptors (Lipinski definition) is 7. The largest absolute Gasteiger partial charge is 0.444 e. The Morgan fingerprint density at radius 2 is 1.60 bits per heavy atom. The van der Waals surface area contributed by atoms with E-state index in [0.717, 1.165) is 22.3 Å². The zero-order valence-electron chi connectivity index (χ0n) is 24.5. The molecule has 0 saturated carbocycles. The SMILES string of the molecule is CC(C)(C)OC(=O)NC1CCN(C(=O)c2ccccc2-c2ccc3nc(N)nc(C(=O)N4Cc5ccccc5C4)c3c2)C1. The Labute approximate surface area is 249 Å². The highest BCUT2D eigenvalue weighted by Crippen LogP contribution is 2.31. The Kier molecular flexibility index (Phi) is 7.21. The highest BCUT2D eigenvalue weighted by molar-refractivity contribution is 6.07. The van der Waals surface area contributed by atoms with Crippen LogP contribution in [0.5, 0.6) is 0 Å². The number of amides is 3. The molecule has 0 radical (unpaired) electrons. The predicted octanol–water partition coefficient (Wildman–Crippen LogP) is 4.77. The van der Waals surface area contributed by atoms with Gasteiger partial charge in [-0.2, -0.15) is 0 Å².